The Balaban J connectivity index is 1.33. The van der Waals surface area contributed by atoms with E-state index in [0.717, 1.165) is 25.8 Å². The van der Waals surface area contributed by atoms with Gasteiger partial charge in [-0.05, 0) is 62.5 Å². The van der Waals surface area contributed by atoms with E-state index in [1.807, 2.05) is 36.4 Å². The number of rotatable bonds is 13. The molecule has 0 heterocycles. The van der Waals surface area contributed by atoms with E-state index >= 15 is 0 Å². The Hall–Kier alpha value is -2.46. The number of aliphatic hydroxyl groups excluding tert-OH is 1. The SMILES string of the molecule is O=C(CCCC=CC[C@H]1C(=O)C=C[C@@H]1C=C[C@@H](O)CCc1ccccc1)NCC1CC1. The molecule has 2 N–H and O–H groups in total. The summed E-state index contributed by atoms with van der Waals surface area (Å²) in [6, 6.07) is 10.1. The van der Waals surface area contributed by atoms with Gasteiger partial charge in [-0.2, -0.15) is 0 Å². The van der Waals surface area contributed by atoms with Gasteiger partial charge in [-0.3, -0.25) is 9.59 Å². The smallest absolute Gasteiger partial charge is 0.220 e. The van der Waals surface area contributed by atoms with Gasteiger partial charge < -0.3 is 10.4 Å². The van der Waals surface area contributed by atoms with Crippen molar-refractivity contribution < 1.29 is 14.7 Å². The first kappa shape index (κ1) is 23.2. The fraction of sp³-hybridized carbons (Fsp3) is 0.481. The topological polar surface area (TPSA) is 66.4 Å². The van der Waals surface area contributed by atoms with Gasteiger partial charge in [-0.25, -0.2) is 0 Å². The van der Waals surface area contributed by atoms with Gasteiger partial charge in [0.15, 0.2) is 5.78 Å². The predicted octanol–water partition coefficient (Wildman–Crippen LogP) is 4.55. The minimum absolute atomic E-state index is 0.0386. The second kappa shape index (κ2) is 12.4. The minimum Gasteiger partial charge on any atom is -0.389 e. The number of aryl methyl sites for hydroxylation is 1. The first-order valence-corrected chi connectivity index (χ1v) is 11.7. The highest BCUT2D eigenvalue weighted by molar-refractivity contribution is 5.95. The van der Waals surface area contributed by atoms with Crippen molar-refractivity contribution in [2.45, 2.75) is 57.5 Å². The summed E-state index contributed by atoms with van der Waals surface area (Å²) in [5, 5.41) is 13.3. The molecule has 1 aromatic rings. The fourth-order valence-corrected chi connectivity index (χ4v) is 3.85. The first-order chi connectivity index (χ1) is 15.1. The molecule has 3 rings (SSSR count). The lowest BCUT2D eigenvalue weighted by molar-refractivity contribution is -0.121. The molecule has 2 aliphatic rings. The Kier molecular flexibility index (Phi) is 9.29. The van der Waals surface area contributed by atoms with Crippen LogP contribution in [0.25, 0.3) is 0 Å². The van der Waals surface area contributed by atoms with Gasteiger partial charge in [-0.1, -0.05) is 60.7 Å². The van der Waals surface area contributed by atoms with Crippen LogP contribution in [0.3, 0.4) is 0 Å². The third-order valence-electron chi connectivity index (χ3n) is 6.06. The Morgan fingerprint density at radius 2 is 2.00 bits per heavy atom. The number of allylic oxidation sites excluding steroid dienone is 5. The van der Waals surface area contributed by atoms with Crippen molar-refractivity contribution in [3.8, 4) is 0 Å². The maximum absolute atomic E-state index is 12.2. The van der Waals surface area contributed by atoms with Gasteiger partial charge in [0.05, 0.1) is 6.10 Å². The lowest BCUT2D eigenvalue weighted by atomic mass is 9.90. The Morgan fingerprint density at radius 3 is 2.77 bits per heavy atom. The maximum atomic E-state index is 12.2. The first-order valence-electron chi connectivity index (χ1n) is 11.7. The molecule has 0 radical (unpaired) electrons. The van der Waals surface area contributed by atoms with E-state index in [0.29, 0.717) is 25.2 Å². The fourth-order valence-electron chi connectivity index (χ4n) is 3.85. The number of hydrogen-bond acceptors (Lipinski definition) is 3. The number of nitrogens with one attached hydrogen (secondary N) is 1. The van der Waals surface area contributed by atoms with Crippen molar-refractivity contribution in [3.63, 3.8) is 0 Å². The molecule has 0 spiro atoms. The molecule has 4 nitrogen and oxygen atoms in total. The summed E-state index contributed by atoms with van der Waals surface area (Å²) in [4.78, 5) is 24.0. The van der Waals surface area contributed by atoms with Crippen LogP contribution < -0.4 is 5.32 Å². The van der Waals surface area contributed by atoms with Crippen LogP contribution in [-0.2, 0) is 16.0 Å². The van der Waals surface area contributed by atoms with Gasteiger partial charge in [0, 0.05) is 24.8 Å². The average Bonchev–Trinajstić information content (AvgIpc) is 3.55. The zero-order valence-electron chi connectivity index (χ0n) is 18.3. The van der Waals surface area contributed by atoms with E-state index in [1.165, 1.54) is 18.4 Å². The van der Waals surface area contributed by atoms with Crippen LogP contribution >= 0.6 is 0 Å². The Bertz CT molecular complexity index is 792. The van der Waals surface area contributed by atoms with Crippen molar-refractivity contribution in [1.82, 2.24) is 5.32 Å². The highest BCUT2D eigenvalue weighted by atomic mass is 16.3. The van der Waals surface area contributed by atoms with Gasteiger partial charge in [-0.15, -0.1) is 0 Å². The van der Waals surface area contributed by atoms with Crippen molar-refractivity contribution in [2.75, 3.05) is 6.54 Å². The van der Waals surface area contributed by atoms with Crippen LogP contribution in [0.4, 0.5) is 0 Å². The van der Waals surface area contributed by atoms with E-state index in [4.69, 9.17) is 0 Å². The zero-order valence-corrected chi connectivity index (χ0v) is 18.3. The normalized spacial score (nSPS) is 21.9. The summed E-state index contributed by atoms with van der Waals surface area (Å²) >= 11 is 0. The molecule has 2 aliphatic carbocycles. The van der Waals surface area contributed by atoms with Crippen LogP contribution in [0.15, 0.2) is 66.8 Å². The number of amides is 1. The maximum Gasteiger partial charge on any atom is 0.220 e. The summed E-state index contributed by atoms with van der Waals surface area (Å²) in [7, 11) is 0. The number of carbonyl (C=O) groups is 2. The highest BCUT2D eigenvalue weighted by Crippen LogP contribution is 2.28. The second-order valence-electron chi connectivity index (χ2n) is 8.77. The second-order valence-corrected chi connectivity index (χ2v) is 8.77. The lowest BCUT2D eigenvalue weighted by Gasteiger charge is -2.13. The van der Waals surface area contributed by atoms with Crippen molar-refractivity contribution in [3.05, 3.63) is 72.4 Å². The third kappa shape index (κ3) is 8.66. The third-order valence-corrected chi connectivity index (χ3v) is 6.06. The molecule has 0 aromatic heterocycles. The molecule has 3 atom stereocenters. The van der Waals surface area contributed by atoms with E-state index < -0.39 is 6.10 Å². The van der Waals surface area contributed by atoms with Crippen LogP contribution in [0.5, 0.6) is 0 Å². The van der Waals surface area contributed by atoms with E-state index in [-0.39, 0.29) is 23.5 Å². The van der Waals surface area contributed by atoms with Crippen molar-refractivity contribution >= 4 is 11.7 Å². The van der Waals surface area contributed by atoms with Crippen LogP contribution in [0.1, 0.15) is 50.5 Å². The number of unbranched alkanes of at least 4 members (excludes halogenated alkanes) is 1. The molecule has 31 heavy (non-hydrogen) atoms. The lowest BCUT2D eigenvalue weighted by Crippen LogP contribution is -2.24. The Morgan fingerprint density at radius 1 is 1.19 bits per heavy atom. The number of carbonyl (C=O) groups excluding carboxylic acids is 2. The zero-order chi connectivity index (χ0) is 21.9. The summed E-state index contributed by atoms with van der Waals surface area (Å²) in [6.45, 7) is 0.835. The molecule has 1 aromatic carbocycles. The van der Waals surface area contributed by atoms with Crippen molar-refractivity contribution in [1.29, 1.82) is 0 Å². The molecular formula is C27H35NO3. The van der Waals surface area contributed by atoms with E-state index in [2.05, 4.69) is 29.6 Å². The van der Waals surface area contributed by atoms with E-state index in [9.17, 15) is 14.7 Å². The summed E-state index contributed by atoms with van der Waals surface area (Å²) in [5.74, 6) is 0.963. The van der Waals surface area contributed by atoms with Crippen LogP contribution in [0.2, 0.25) is 0 Å². The summed E-state index contributed by atoms with van der Waals surface area (Å²) in [5.41, 5.74) is 1.22. The molecule has 0 bridgehead atoms. The Labute approximate surface area is 186 Å². The molecule has 0 unspecified atom stereocenters. The van der Waals surface area contributed by atoms with E-state index in [1.54, 1.807) is 6.08 Å². The highest BCUT2D eigenvalue weighted by Gasteiger charge is 2.27. The number of benzene rings is 1. The largest absolute Gasteiger partial charge is 0.389 e. The molecule has 166 valence electrons. The molecule has 1 saturated carbocycles. The standard InChI is InChI=1S/C27H35NO3/c29-24(17-14-21-8-4-3-5-9-21)18-15-23-16-19-26(30)25(23)10-6-1-2-7-11-27(31)28-20-22-12-13-22/h1,3-6,8-9,15-16,18-19,22-25,29H,2,7,10-14,17,20H2,(H,28,31)/t23-,24-,25+/m0/s1. The van der Waals surface area contributed by atoms with Gasteiger partial charge in [0.1, 0.15) is 0 Å². The number of ketones is 1. The average molecular weight is 422 g/mol. The van der Waals surface area contributed by atoms with Gasteiger partial charge in [0.25, 0.3) is 0 Å². The van der Waals surface area contributed by atoms with Crippen LogP contribution in [-0.4, -0.2) is 29.4 Å². The molecule has 4 heteroatoms. The molecule has 1 fully saturated rings. The monoisotopic (exact) mass is 421 g/mol. The molecule has 0 aliphatic heterocycles. The molecule has 1 amide bonds. The van der Waals surface area contributed by atoms with Gasteiger partial charge >= 0.3 is 0 Å². The number of aliphatic hydroxyl groups is 1. The van der Waals surface area contributed by atoms with Gasteiger partial charge in [0.2, 0.25) is 5.91 Å². The molecular weight excluding hydrogens is 386 g/mol. The predicted molar refractivity (Wildman–Crippen MR) is 124 cm³/mol. The number of hydrogen-bond donors (Lipinski definition) is 2. The summed E-state index contributed by atoms with van der Waals surface area (Å²) < 4.78 is 0. The summed E-state index contributed by atoms with van der Waals surface area (Å²) in [6.07, 6.45) is 18.0. The minimum atomic E-state index is -0.508. The van der Waals surface area contributed by atoms with Crippen LogP contribution in [0, 0.1) is 17.8 Å². The van der Waals surface area contributed by atoms with Crippen molar-refractivity contribution in [2.24, 2.45) is 17.8 Å². The quantitative estimate of drug-likeness (QED) is 0.363. The molecule has 0 saturated heterocycles.